The number of allylic oxidation sites excluding steroid dienone is 1. The minimum atomic E-state index is -0.849. The van der Waals surface area contributed by atoms with E-state index in [1.165, 1.54) is 0 Å². The molecule has 0 atom stereocenters. The standard InChI is InChI=1S/C7H12O2Si/c1-5(2)7(8)9-10-6(3)4/h1,3,10H2,2,4H3. The number of rotatable bonds is 3. The average Bonchev–Trinajstić information content (AvgIpc) is 1.82. The summed E-state index contributed by atoms with van der Waals surface area (Å²) in [6.07, 6.45) is 0. The van der Waals surface area contributed by atoms with E-state index in [4.69, 9.17) is 4.43 Å². The van der Waals surface area contributed by atoms with Crippen LogP contribution < -0.4 is 0 Å². The number of hydrogen-bond donors (Lipinski definition) is 0. The number of carbonyl (C=O) groups is 1. The molecule has 0 saturated carbocycles. The molecule has 0 amide bonds. The Morgan fingerprint density at radius 2 is 1.90 bits per heavy atom. The van der Waals surface area contributed by atoms with E-state index in [0.717, 1.165) is 5.20 Å². The highest BCUT2D eigenvalue weighted by Gasteiger charge is 2.01. The summed E-state index contributed by atoms with van der Waals surface area (Å²) in [6, 6.07) is 0. The van der Waals surface area contributed by atoms with Crippen molar-refractivity contribution in [3.63, 3.8) is 0 Å². The summed E-state index contributed by atoms with van der Waals surface area (Å²) in [5, 5.41) is 0.967. The van der Waals surface area contributed by atoms with Crippen LogP contribution in [-0.4, -0.2) is 15.7 Å². The molecule has 0 spiro atoms. The summed E-state index contributed by atoms with van der Waals surface area (Å²) in [4.78, 5) is 10.7. The fourth-order valence-corrected chi connectivity index (χ4v) is 0.936. The third kappa shape index (κ3) is 4.09. The van der Waals surface area contributed by atoms with Crippen LogP contribution in [0.4, 0.5) is 0 Å². The lowest BCUT2D eigenvalue weighted by Crippen LogP contribution is -2.09. The highest BCUT2D eigenvalue weighted by Crippen LogP contribution is 1.92. The summed E-state index contributed by atoms with van der Waals surface area (Å²) in [5.74, 6) is -0.297. The highest BCUT2D eigenvalue weighted by atomic mass is 28.2. The van der Waals surface area contributed by atoms with Crippen LogP contribution >= 0.6 is 0 Å². The maximum absolute atomic E-state index is 10.7. The third-order valence-electron chi connectivity index (χ3n) is 0.798. The van der Waals surface area contributed by atoms with Crippen LogP contribution in [0.2, 0.25) is 0 Å². The van der Waals surface area contributed by atoms with Gasteiger partial charge in [-0.1, -0.05) is 11.8 Å². The van der Waals surface area contributed by atoms with E-state index in [0.29, 0.717) is 5.57 Å². The minimum Gasteiger partial charge on any atom is -0.518 e. The van der Waals surface area contributed by atoms with Crippen LogP contribution in [0, 0.1) is 0 Å². The molecule has 0 rings (SSSR count). The molecule has 0 aliphatic heterocycles. The maximum atomic E-state index is 10.7. The SMILES string of the molecule is C=C(C)[SiH2]OC(=O)C(=C)C. The molecule has 0 heterocycles. The summed E-state index contributed by atoms with van der Waals surface area (Å²) < 4.78 is 4.87. The molecule has 0 fully saturated rings. The first-order chi connectivity index (χ1) is 4.54. The van der Waals surface area contributed by atoms with Crippen molar-refractivity contribution in [1.29, 1.82) is 0 Å². The van der Waals surface area contributed by atoms with Crippen molar-refractivity contribution in [2.24, 2.45) is 0 Å². The highest BCUT2D eigenvalue weighted by molar-refractivity contribution is 6.40. The number of hydrogen-bond acceptors (Lipinski definition) is 2. The number of carbonyl (C=O) groups excluding carboxylic acids is 1. The molecule has 56 valence electrons. The van der Waals surface area contributed by atoms with Crippen molar-refractivity contribution in [2.75, 3.05) is 0 Å². The van der Waals surface area contributed by atoms with E-state index in [1.54, 1.807) is 6.92 Å². The van der Waals surface area contributed by atoms with Crippen molar-refractivity contribution < 1.29 is 9.22 Å². The van der Waals surface area contributed by atoms with Crippen LogP contribution in [0.25, 0.3) is 0 Å². The van der Waals surface area contributed by atoms with Gasteiger partial charge in [0.25, 0.3) is 9.76 Å². The van der Waals surface area contributed by atoms with Gasteiger partial charge in [-0.2, -0.15) is 0 Å². The quantitative estimate of drug-likeness (QED) is 0.444. The van der Waals surface area contributed by atoms with Crippen LogP contribution in [0.5, 0.6) is 0 Å². The first-order valence-electron chi connectivity index (χ1n) is 3.01. The van der Waals surface area contributed by atoms with Crippen LogP contribution in [-0.2, 0) is 9.22 Å². The van der Waals surface area contributed by atoms with Crippen LogP contribution in [0.1, 0.15) is 13.8 Å². The van der Waals surface area contributed by atoms with Gasteiger partial charge in [-0.15, -0.1) is 6.58 Å². The zero-order valence-corrected chi connectivity index (χ0v) is 7.85. The lowest BCUT2D eigenvalue weighted by Gasteiger charge is -2.01. The van der Waals surface area contributed by atoms with Gasteiger partial charge in [0, 0.05) is 5.57 Å². The van der Waals surface area contributed by atoms with E-state index in [-0.39, 0.29) is 5.97 Å². The second-order valence-corrected chi connectivity index (χ2v) is 4.10. The van der Waals surface area contributed by atoms with Crippen molar-refractivity contribution in [2.45, 2.75) is 13.8 Å². The van der Waals surface area contributed by atoms with Crippen molar-refractivity contribution in [3.05, 3.63) is 23.9 Å². The molecular weight excluding hydrogens is 144 g/mol. The Bertz CT molecular complexity index is 172. The topological polar surface area (TPSA) is 26.3 Å². The normalized spacial score (nSPS) is 9.80. The molecular formula is C7H12O2Si. The fraction of sp³-hybridized carbons (Fsp3) is 0.286. The lowest BCUT2D eigenvalue weighted by molar-refractivity contribution is -0.129. The van der Waals surface area contributed by atoms with E-state index in [1.807, 2.05) is 6.92 Å². The Kier molecular flexibility index (Phi) is 3.72. The summed E-state index contributed by atoms with van der Waals surface area (Å²) in [6.45, 7) is 10.6. The Morgan fingerprint density at radius 3 is 2.20 bits per heavy atom. The Balaban J connectivity index is 3.60. The Labute approximate surface area is 63.5 Å². The average molecular weight is 156 g/mol. The van der Waals surface area contributed by atoms with Crippen molar-refractivity contribution in [3.8, 4) is 0 Å². The zero-order valence-electron chi connectivity index (χ0n) is 6.44. The predicted octanol–water partition coefficient (Wildman–Crippen LogP) is 0.723. The van der Waals surface area contributed by atoms with Gasteiger partial charge < -0.3 is 4.43 Å². The molecule has 0 radical (unpaired) electrons. The Morgan fingerprint density at radius 1 is 1.40 bits per heavy atom. The first kappa shape index (κ1) is 9.17. The second-order valence-electron chi connectivity index (χ2n) is 2.31. The van der Waals surface area contributed by atoms with Gasteiger partial charge in [0.2, 0.25) is 0 Å². The van der Waals surface area contributed by atoms with E-state index >= 15 is 0 Å². The molecule has 0 aromatic heterocycles. The Hall–Kier alpha value is -0.833. The van der Waals surface area contributed by atoms with Crippen LogP contribution in [0.15, 0.2) is 23.9 Å². The molecule has 0 aromatic carbocycles. The van der Waals surface area contributed by atoms with Gasteiger partial charge in [0.15, 0.2) is 0 Å². The molecule has 0 unspecified atom stereocenters. The molecule has 0 aliphatic rings. The van der Waals surface area contributed by atoms with Gasteiger partial charge in [-0.3, -0.25) is 0 Å². The smallest absolute Gasteiger partial charge is 0.319 e. The summed E-state index contributed by atoms with van der Waals surface area (Å²) in [5.41, 5.74) is 0.453. The lowest BCUT2D eigenvalue weighted by atomic mass is 10.4. The van der Waals surface area contributed by atoms with Crippen molar-refractivity contribution in [1.82, 2.24) is 0 Å². The summed E-state index contributed by atoms with van der Waals surface area (Å²) in [7, 11) is -0.849. The largest absolute Gasteiger partial charge is 0.518 e. The van der Waals surface area contributed by atoms with Gasteiger partial charge in [-0.25, -0.2) is 4.79 Å². The molecule has 0 saturated heterocycles. The first-order valence-corrected chi connectivity index (χ1v) is 4.29. The monoisotopic (exact) mass is 156 g/mol. The van der Waals surface area contributed by atoms with Gasteiger partial charge in [0.1, 0.15) is 0 Å². The van der Waals surface area contributed by atoms with E-state index in [9.17, 15) is 4.79 Å². The van der Waals surface area contributed by atoms with Crippen molar-refractivity contribution >= 4 is 15.7 Å². The molecule has 0 N–H and O–H groups in total. The van der Waals surface area contributed by atoms with E-state index in [2.05, 4.69) is 13.2 Å². The molecule has 0 aromatic rings. The molecule has 3 heteroatoms. The predicted molar refractivity (Wildman–Crippen MR) is 44.3 cm³/mol. The zero-order chi connectivity index (χ0) is 8.15. The third-order valence-corrected chi connectivity index (χ3v) is 1.70. The molecule has 10 heavy (non-hydrogen) atoms. The molecule has 0 aliphatic carbocycles. The van der Waals surface area contributed by atoms with Gasteiger partial charge in [-0.05, 0) is 13.8 Å². The van der Waals surface area contributed by atoms with Gasteiger partial charge in [0.05, 0.1) is 0 Å². The summed E-state index contributed by atoms with van der Waals surface area (Å²) >= 11 is 0. The fourth-order valence-electron chi connectivity index (χ4n) is 0.312. The second kappa shape index (κ2) is 4.06. The maximum Gasteiger partial charge on any atom is 0.319 e. The van der Waals surface area contributed by atoms with E-state index < -0.39 is 9.76 Å². The van der Waals surface area contributed by atoms with Gasteiger partial charge >= 0.3 is 5.97 Å². The molecule has 0 bridgehead atoms. The molecule has 2 nitrogen and oxygen atoms in total. The minimum absolute atomic E-state index is 0.297. The van der Waals surface area contributed by atoms with Crippen LogP contribution in [0.3, 0.4) is 0 Å².